The van der Waals surface area contributed by atoms with Crippen LogP contribution in [0.1, 0.15) is 16.8 Å². The van der Waals surface area contributed by atoms with Crippen molar-refractivity contribution in [3.8, 4) is 16.9 Å². The fourth-order valence-electron chi connectivity index (χ4n) is 3.60. The van der Waals surface area contributed by atoms with Crippen molar-refractivity contribution in [2.45, 2.75) is 12.5 Å². The molecule has 3 aromatic heterocycles. The SMILES string of the molecule is O=C(NCC1=NOC(COc2ccccc2-c2cccnc2F)C1)c1ccc2nccn2c1. The van der Waals surface area contributed by atoms with Crippen LogP contribution in [0.3, 0.4) is 0 Å². The predicted molar refractivity (Wildman–Crippen MR) is 120 cm³/mol. The molecule has 33 heavy (non-hydrogen) atoms. The van der Waals surface area contributed by atoms with Crippen molar-refractivity contribution in [3.05, 3.63) is 84.8 Å². The molecule has 0 bridgehead atoms. The number of benzene rings is 1. The number of amides is 1. The summed E-state index contributed by atoms with van der Waals surface area (Å²) in [5.74, 6) is -0.232. The highest BCUT2D eigenvalue weighted by Gasteiger charge is 2.23. The lowest BCUT2D eigenvalue weighted by molar-refractivity contribution is 0.0472. The lowest BCUT2D eigenvalue weighted by Crippen LogP contribution is -2.30. The Balaban J connectivity index is 1.15. The smallest absolute Gasteiger partial charge is 0.253 e. The number of fused-ring (bicyclic) bond motifs is 1. The monoisotopic (exact) mass is 445 g/mol. The molecule has 9 heteroatoms. The van der Waals surface area contributed by atoms with Crippen LogP contribution in [0.25, 0.3) is 16.8 Å². The van der Waals surface area contributed by atoms with Gasteiger partial charge in [0.2, 0.25) is 5.95 Å². The molecule has 1 aliphatic heterocycles. The highest BCUT2D eigenvalue weighted by Crippen LogP contribution is 2.31. The molecule has 0 saturated heterocycles. The Morgan fingerprint density at radius 1 is 1.12 bits per heavy atom. The molecule has 1 N–H and O–H groups in total. The summed E-state index contributed by atoms with van der Waals surface area (Å²) in [6.07, 6.45) is 6.81. The topological polar surface area (TPSA) is 90.1 Å². The summed E-state index contributed by atoms with van der Waals surface area (Å²) in [6, 6.07) is 14.0. The zero-order chi connectivity index (χ0) is 22.6. The second kappa shape index (κ2) is 9.07. The van der Waals surface area contributed by atoms with Gasteiger partial charge in [-0.25, -0.2) is 9.97 Å². The van der Waals surface area contributed by atoms with Gasteiger partial charge >= 0.3 is 0 Å². The summed E-state index contributed by atoms with van der Waals surface area (Å²) in [5.41, 5.74) is 3.00. The molecule has 166 valence electrons. The van der Waals surface area contributed by atoms with E-state index in [-0.39, 0.29) is 25.2 Å². The van der Waals surface area contributed by atoms with Gasteiger partial charge in [-0.15, -0.1) is 0 Å². The Bertz CT molecular complexity index is 1340. The second-order valence-electron chi connectivity index (χ2n) is 7.53. The van der Waals surface area contributed by atoms with E-state index in [4.69, 9.17) is 9.57 Å². The van der Waals surface area contributed by atoms with Crippen LogP contribution in [0.15, 0.2) is 78.5 Å². The number of nitrogens with zero attached hydrogens (tertiary/aromatic N) is 4. The van der Waals surface area contributed by atoms with E-state index in [0.717, 1.165) is 5.65 Å². The third-order valence-electron chi connectivity index (χ3n) is 5.26. The zero-order valence-electron chi connectivity index (χ0n) is 17.5. The summed E-state index contributed by atoms with van der Waals surface area (Å²) in [5, 5.41) is 6.92. The molecule has 1 atom stereocenters. The van der Waals surface area contributed by atoms with Crippen molar-refractivity contribution in [2.24, 2.45) is 5.16 Å². The molecule has 1 unspecified atom stereocenters. The molecular weight excluding hydrogens is 425 g/mol. The molecule has 4 aromatic rings. The first kappa shape index (κ1) is 20.6. The number of halogens is 1. The van der Waals surface area contributed by atoms with E-state index in [9.17, 15) is 9.18 Å². The number of ether oxygens (including phenoxy) is 1. The Hall–Kier alpha value is -4.27. The summed E-state index contributed by atoms with van der Waals surface area (Å²) in [6.45, 7) is 0.506. The van der Waals surface area contributed by atoms with E-state index in [1.165, 1.54) is 6.20 Å². The highest BCUT2D eigenvalue weighted by molar-refractivity contribution is 5.98. The van der Waals surface area contributed by atoms with Crippen molar-refractivity contribution in [1.29, 1.82) is 0 Å². The number of imidazole rings is 1. The molecule has 0 saturated carbocycles. The molecule has 0 aliphatic carbocycles. The van der Waals surface area contributed by atoms with Crippen LogP contribution in [-0.2, 0) is 4.84 Å². The van der Waals surface area contributed by atoms with Gasteiger partial charge in [0.25, 0.3) is 5.91 Å². The highest BCUT2D eigenvalue weighted by atomic mass is 19.1. The number of hydrogen-bond acceptors (Lipinski definition) is 6. The van der Waals surface area contributed by atoms with Gasteiger partial charge in [0.15, 0.2) is 6.10 Å². The molecule has 4 heterocycles. The molecule has 0 radical (unpaired) electrons. The van der Waals surface area contributed by atoms with E-state index in [2.05, 4.69) is 20.4 Å². The van der Waals surface area contributed by atoms with Gasteiger partial charge in [0.1, 0.15) is 18.0 Å². The molecular formula is C24H20FN5O3. The van der Waals surface area contributed by atoms with E-state index < -0.39 is 5.95 Å². The first-order valence-corrected chi connectivity index (χ1v) is 10.4. The first-order chi connectivity index (χ1) is 16.2. The van der Waals surface area contributed by atoms with Gasteiger partial charge in [-0.05, 0) is 30.3 Å². The maximum absolute atomic E-state index is 14.1. The third-order valence-corrected chi connectivity index (χ3v) is 5.26. The number of rotatable bonds is 7. The maximum Gasteiger partial charge on any atom is 0.253 e. The minimum absolute atomic E-state index is 0.208. The van der Waals surface area contributed by atoms with Crippen LogP contribution >= 0.6 is 0 Å². The summed E-state index contributed by atoms with van der Waals surface area (Å²) < 4.78 is 21.8. The van der Waals surface area contributed by atoms with Crippen LogP contribution in [-0.4, -0.2) is 45.2 Å². The molecule has 0 fully saturated rings. The minimum atomic E-state index is -0.556. The number of aromatic nitrogens is 3. The van der Waals surface area contributed by atoms with Gasteiger partial charge < -0.3 is 19.3 Å². The van der Waals surface area contributed by atoms with Crippen LogP contribution in [0, 0.1) is 5.95 Å². The number of hydrogen-bond donors (Lipinski definition) is 1. The maximum atomic E-state index is 14.1. The average Bonchev–Trinajstić information content (AvgIpc) is 3.50. The number of nitrogens with one attached hydrogen (secondary N) is 1. The Morgan fingerprint density at radius 3 is 2.91 bits per heavy atom. The number of oxime groups is 1. The van der Waals surface area contributed by atoms with Gasteiger partial charge in [-0.3, -0.25) is 4.79 Å². The zero-order valence-corrected chi connectivity index (χ0v) is 17.5. The van der Waals surface area contributed by atoms with Gasteiger partial charge in [-0.2, -0.15) is 4.39 Å². The van der Waals surface area contributed by atoms with Gasteiger partial charge in [-0.1, -0.05) is 23.4 Å². The molecule has 1 aliphatic rings. The average molecular weight is 445 g/mol. The number of carbonyl (C=O) groups is 1. The van der Waals surface area contributed by atoms with Crippen LogP contribution in [0.4, 0.5) is 4.39 Å². The lowest BCUT2D eigenvalue weighted by Gasteiger charge is -2.14. The second-order valence-corrected chi connectivity index (χ2v) is 7.53. The van der Waals surface area contributed by atoms with E-state index in [1.807, 2.05) is 12.1 Å². The minimum Gasteiger partial charge on any atom is -0.489 e. The van der Waals surface area contributed by atoms with Crippen molar-refractivity contribution in [1.82, 2.24) is 19.7 Å². The van der Waals surface area contributed by atoms with Crippen molar-refractivity contribution in [3.63, 3.8) is 0 Å². The molecule has 1 aromatic carbocycles. The number of pyridine rings is 2. The molecule has 1 amide bonds. The van der Waals surface area contributed by atoms with Crippen molar-refractivity contribution >= 4 is 17.3 Å². The van der Waals surface area contributed by atoms with E-state index >= 15 is 0 Å². The Morgan fingerprint density at radius 2 is 2.00 bits per heavy atom. The number of para-hydroxylation sites is 1. The Kier molecular flexibility index (Phi) is 5.67. The first-order valence-electron chi connectivity index (χ1n) is 10.4. The largest absolute Gasteiger partial charge is 0.489 e. The normalized spacial score (nSPS) is 15.2. The quantitative estimate of drug-likeness (QED) is 0.440. The van der Waals surface area contributed by atoms with Crippen molar-refractivity contribution < 1.29 is 18.8 Å². The number of carbonyl (C=O) groups excluding carboxylic acids is 1. The third kappa shape index (κ3) is 4.52. The molecule has 0 spiro atoms. The fraction of sp³-hybridized carbons (Fsp3) is 0.167. The molecule has 8 nitrogen and oxygen atoms in total. The van der Waals surface area contributed by atoms with E-state index in [1.54, 1.807) is 59.4 Å². The molecule has 5 rings (SSSR count). The van der Waals surface area contributed by atoms with Crippen LogP contribution in [0.5, 0.6) is 5.75 Å². The summed E-state index contributed by atoms with van der Waals surface area (Å²) in [7, 11) is 0. The van der Waals surface area contributed by atoms with E-state index in [0.29, 0.717) is 34.6 Å². The fourth-order valence-corrected chi connectivity index (χ4v) is 3.60. The summed E-state index contributed by atoms with van der Waals surface area (Å²) in [4.78, 5) is 25.8. The van der Waals surface area contributed by atoms with Gasteiger partial charge in [0, 0.05) is 42.3 Å². The summed E-state index contributed by atoms with van der Waals surface area (Å²) >= 11 is 0. The Labute approximate surface area is 188 Å². The predicted octanol–water partition coefficient (Wildman–Crippen LogP) is 3.49. The standard InChI is InChI=1S/C24H20FN5O3/c25-23-20(5-3-9-27-23)19-4-1-2-6-21(19)32-15-18-12-17(29-33-18)13-28-24(31)16-7-8-22-26-10-11-30(22)14-16/h1-11,14,18H,12-13,15H2,(H,28,31). The van der Waals surface area contributed by atoms with Crippen LogP contribution in [0.2, 0.25) is 0 Å². The van der Waals surface area contributed by atoms with Crippen molar-refractivity contribution in [2.75, 3.05) is 13.2 Å². The lowest BCUT2D eigenvalue weighted by atomic mass is 10.1. The van der Waals surface area contributed by atoms with Gasteiger partial charge in [0.05, 0.1) is 17.8 Å². The van der Waals surface area contributed by atoms with Crippen LogP contribution < -0.4 is 10.1 Å².